The van der Waals surface area contributed by atoms with E-state index in [1.165, 1.54) is 0 Å². The van der Waals surface area contributed by atoms with Crippen molar-refractivity contribution in [3.63, 3.8) is 0 Å². The zero-order chi connectivity index (χ0) is 18.4. The van der Waals surface area contributed by atoms with Gasteiger partial charge in [-0.3, -0.25) is 15.0 Å². The highest BCUT2D eigenvalue weighted by Crippen LogP contribution is 2.31. The number of benzene rings is 1. The number of hydrogen-bond acceptors (Lipinski definition) is 4. The Morgan fingerprint density at radius 3 is 2.56 bits per heavy atom. The van der Waals surface area contributed by atoms with Crippen molar-refractivity contribution in [1.82, 2.24) is 15.8 Å². The quantitative estimate of drug-likeness (QED) is 0.596. The van der Waals surface area contributed by atoms with E-state index in [1.807, 2.05) is 24.0 Å². The van der Waals surface area contributed by atoms with Crippen molar-refractivity contribution in [2.24, 2.45) is 0 Å². The molecule has 6 nitrogen and oxygen atoms in total. The number of carbonyl (C=O) groups excluding carboxylic acids is 2. The van der Waals surface area contributed by atoms with E-state index in [9.17, 15) is 9.59 Å². The zero-order valence-electron chi connectivity index (χ0n) is 14.0. The minimum Gasteiger partial charge on any atom is -0.483 e. The van der Waals surface area contributed by atoms with Gasteiger partial charge in [0.05, 0.1) is 10.9 Å². The first-order valence-corrected chi connectivity index (χ1v) is 9.54. The third-order valence-corrected chi connectivity index (χ3v) is 5.25. The molecule has 0 atom stereocenters. The number of rotatable bonds is 7. The van der Waals surface area contributed by atoms with Crippen molar-refractivity contribution in [1.29, 1.82) is 0 Å². The highest BCUT2D eigenvalue weighted by molar-refractivity contribution is 9.11. The summed E-state index contributed by atoms with van der Waals surface area (Å²) in [6.07, 6.45) is 2.26. The molecular weight excluding hydrogens is 454 g/mol. The Labute approximate surface area is 164 Å². The monoisotopic (exact) mass is 473 g/mol. The second-order valence-electron chi connectivity index (χ2n) is 5.86. The fourth-order valence-corrected chi connectivity index (χ4v) is 3.49. The van der Waals surface area contributed by atoms with E-state index in [1.54, 1.807) is 0 Å². The van der Waals surface area contributed by atoms with Gasteiger partial charge in [-0.2, -0.15) is 0 Å². The van der Waals surface area contributed by atoms with E-state index < -0.39 is 0 Å². The van der Waals surface area contributed by atoms with Crippen LogP contribution in [0.3, 0.4) is 0 Å². The maximum Gasteiger partial charge on any atom is 0.276 e. The minimum atomic E-state index is -0.359. The second kappa shape index (κ2) is 9.24. The molecule has 2 N–H and O–H groups in total. The highest BCUT2D eigenvalue weighted by atomic mass is 79.9. The molecule has 2 amide bonds. The molecule has 0 aliphatic carbocycles. The van der Waals surface area contributed by atoms with Crippen LogP contribution in [0.15, 0.2) is 33.4 Å². The lowest BCUT2D eigenvalue weighted by Gasteiger charge is -2.17. The molecule has 1 fully saturated rings. The normalized spacial score (nSPS) is 13.5. The molecule has 1 aliphatic heterocycles. The summed E-state index contributed by atoms with van der Waals surface area (Å²) in [6.45, 7) is 7.15. The Bertz CT molecular complexity index is 673. The van der Waals surface area contributed by atoms with Crippen LogP contribution >= 0.6 is 31.9 Å². The van der Waals surface area contributed by atoms with E-state index in [0.29, 0.717) is 11.4 Å². The van der Waals surface area contributed by atoms with Gasteiger partial charge in [0.15, 0.2) is 6.61 Å². The molecule has 0 bridgehead atoms. The number of nitrogens with zero attached hydrogens (tertiary/aromatic N) is 1. The van der Waals surface area contributed by atoms with Gasteiger partial charge in [0.25, 0.3) is 5.91 Å². The SMILES string of the molecule is C=C(CC(=O)N1CCCC1)NNC(=O)COc1cc(C)c(Br)cc1Br. The molecule has 0 aromatic heterocycles. The van der Waals surface area contributed by atoms with Crippen LogP contribution in [-0.2, 0) is 9.59 Å². The van der Waals surface area contributed by atoms with Gasteiger partial charge in [-0.15, -0.1) is 0 Å². The lowest BCUT2D eigenvalue weighted by atomic mass is 10.2. The largest absolute Gasteiger partial charge is 0.483 e. The predicted molar refractivity (Wildman–Crippen MR) is 103 cm³/mol. The molecule has 0 spiro atoms. The Kier molecular flexibility index (Phi) is 7.31. The Balaban J connectivity index is 1.72. The third-order valence-electron chi connectivity index (χ3n) is 3.77. The molecule has 0 saturated carbocycles. The number of nitrogens with one attached hydrogen (secondary N) is 2. The van der Waals surface area contributed by atoms with Crippen LogP contribution in [-0.4, -0.2) is 36.4 Å². The molecule has 2 rings (SSSR count). The molecule has 1 saturated heterocycles. The smallest absolute Gasteiger partial charge is 0.276 e. The topological polar surface area (TPSA) is 70.7 Å². The number of carbonyl (C=O) groups is 2. The summed E-state index contributed by atoms with van der Waals surface area (Å²) in [5.41, 5.74) is 6.61. The molecule has 8 heteroatoms. The summed E-state index contributed by atoms with van der Waals surface area (Å²) in [5, 5.41) is 0. The number of amides is 2. The van der Waals surface area contributed by atoms with Gasteiger partial charge in [0.1, 0.15) is 5.75 Å². The van der Waals surface area contributed by atoms with Gasteiger partial charge in [0, 0.05) is 23.3 Å². The average Bonchev–Trinajstić information content (AvgIpc) is 3.09. The maximum atomic E-state index is 12.0. The van der Waals surface area contributed by atoms with Crippen molar-refractivity contribution in [2.45, 2.75) is 26.2 Å². The van der Waals surface area contributed by atoms with E-state index in [4.69, 9.17) is 4.74 Å². The lowest BCUT2D eigenvalue weighted by Crippen LogP contribution is -2.40. The van der Waals surface area contributed by atoms with E-state index in [2.05, 4.69) is 49.3 Å². The maximum absolute atomic E-state index is 12.0. The van der Waals surface area contributed by atoms with Crippen molar-refractivity contribution in [3.05, 3.63) is 38.9 Å². The van der Waals surface area contributed by atoms with Crippen molar-refractivity contribution in [2.75, 3.05) is 19.7 Å². The first-order valence-electron chi connectivity index (χ1n) is 7.95. The van der Waals surface area contributed by atoms with Gasteiger partial charge >= 0.3 is 0 Å². The summed E-state index contributed by atoms with van der Waals surface area (Å²) in [7, 11) is 0. The molecule has 1 aromatic carbocycles. The Morgan fingerprint density at radius 2 is 1.88 bits per heavy atom. The molecule has 25 heavy (non-hydrogen) atoms. The number of hydrogen-bond donors (Lipinski definition) is 2. The Hall–Kier alpha value is -1.54. The molecule has 1 aliphatic rings. The number of ether oxygens (including phenoxy) is 1. The fourth-order valence-electron chi connectivity index (χ4n) is 2.38. The third kappa shape index (κ3) is 6.04. The molecule has 0 radical (unpaired) electrons. The van der Waals surface area contributed by atoms with Crippen LogP contribution in [0, 0.1) is 6.92 Å². The lowest BCUT2D eigenvalue weighted by molar-refractivity contribution is -0.130. The fraction of sp³-hybridized carbons (Fsp3) is 0.412. The number of halogens is 2. The van der Waals surface area contributed by atoms with Crippen LogP contribution in [0.4, 0.5) is 0 Å². The minimum absolute atomic E-state index is 0.0229. The van der Waals surface area contributed by atoms with Gasteiger partial charge < -0.3 is 15.1 Å². The molecular formula is C17H21Br2N3O3. The summed E-state index contributed by atoms with van der Waals surface area (Å²) >= 11 is 6.82. The van der Waals surface area contributed by atoms with Crippen LogP contribution < -0.4 is 15.6 Å². The van der Waals surface area contributed by atoms with Crippen molar-refractivity contribution >= 4 is 43.7 Å². The molecule has 0 unspecified atom stereocenters. The van der Waals surface area contributed by atoms with Gasteiger partial charge in [0.2, 0.25) is 5.91 Å². The summed E-state index contributed by atoms with van der Waals surface area (Å²) < 4.78 is 7.22. The summed E-state index contributed by atoms with van der Waals surface area (Å²) in [6, 6.07) is 3.70. The second-order valence-corrected chi connectivity index (χ2v) is 7.57. The van der Waals surface area contributed by atoms with Gasteiger partial charge in [-0.1, -0.05) is 22.5 Å². The first-order chi connectivity index (χ1) is 11.9. The van der Waals surface area contributed by atoms with Crippen molar-refractivity contribution in [3.8, 4) is 5.75 Å². The van der Waals surface area contributed by atoms with Crippen LogP contribution in [0.25, 0.3) is 0 Å². The van der Waals surface area contributed by atoms with E-state index in [-0.39, 0.29) is 24.8 Å². The van der Waals surface area contributed by atoms with Crippen molar-refractivity contribution < 1.29 is 14.3 Å². The molecule has 1 aromatic rings. The van der Waals surface area contributed by atoms with Crippen LogP contribution in [0.1, 0.15) is 24.8 Å². The van der Waals surface area contributed by atoms with E-state index >= 15 is 0 Å². The van der Waals surface area contributed by atoms with Crippen LogP contribution in [0.5, 0.6) is 5.75 Å². The first kappa shape index (κ1) is 19.8. The standard InChI is InChI=1S/C17H21Br2N3O3/c1-11-7-15(14(19)9-13(11)18)25-10-16(23)21-20-12(2)8-17(24)22-5-3-4-6-22/h7,9,20H,2-6,8,10H2,1H3,(H,21,23). The zero-order valence-corrected chi connectivity index (χ0v) is 17.2. The highest BCUT2D eigenvalue weighted by Gasteiger charge is 2.18. The summed E-state index contributed by atoms with van der Waals surface area (Å²) in [5.74, 6) is 0.246. The number of likely N-dealkylation sites (tertiary alicyclic amines) is 1. The van der Waals surface area contributed by atoms with Crippen LogP contribution in [0.2, 0.25) is 0 Å². The molecule has 1 heterocycles. The Morgan fingerprint density at radius 1 is 1.20 bits per heavy atom. The number of hydrazine groups is 1. The predicted octanol–water partition coefficient (Wildman–Crippen LogP) is 3.05. The average molecular weight is 475 g/mol. The molecule has 136 valence electrons. The number of aryl methyl sites for hydroxylation is 1. The van der Waals surface area contributed by atoms with Gasteiger partial charge in [-0.05, 0) is 53.4 Å². The summed E-state index contributed by atoms with van der Waals surface area (Å²) in [4.78, 5) is 25.7. The van der Waals surface area contributed by atoms with E-state index in [0.717, 1.165) is 40.4 Å². The van der Waals surface area contributed by atoms with Gasteiger partial charge in [-0.25, -0.2) is 0 Å².